The largest absolute Gasteiger partial charge is 0.245 e. The van der Waals surface area contributed by atoms with Crippen molar-refractivity contribution in [2.24, 2.45) is 0 Å². The zero-order valence-electron chi connectivity index (χ0n) is 26.0. The molecular formula is C44H28N4. The number of hydrogen-bond donors (Lipinski definition) is 0. The van der Waals surface area contributed by atoms with E-state index in [1.54, 1.807) is 0 Å². The smallest absolute Gasteiger partial charge is 0.0973 e. The lowest BCUT2D eigenvalue weighted by molar-refractivity contribution is 1.29. The summed E-state index contributed by atoms with van der Waals surface area (Å²) in [6.45, 7) is 0. The average molecular weight is 613 g/mol. The van der Waals surface area contributed by atoms with Crippen LogP contribution in [0.4, 0.5) is 0 Å². The predicted molar refractivity (Wildman–Crippen MR) is 197 cm³/mol. The summed E-state index contributed by atoms with van der Waals surface area (Å²) in [5, 5.41) is 2.14. The summed E-state index contributed by atoms with van der Waals surface area (Å²) >= 11 is 0. The number of fused-ring (bicyclic) bond motifs is 4. The Kier molecular flexibility index (Phi) is 6.76. The summed E-state index contributed by atoms with van der Waals surface area (Å²) in [6.07, 6.45) is 0. The van der Waals surface area contributed by atoms with Gasteiger partial charge in [-0.2, -0.15) is 0 Å². The first-order chi connectivity index (χ1) is 23.8. The zero-order chi connectivity index (χ0) is 31.9. The van der Waals surface area contributed by atoms with Crippen molar-refractivity contribution in [2.45, 2.75) is 0 Å². The highest BCUT2D eigenvalue weighted by Crippen LogP contribution is 2.35. The Morgan fingerprint density at radius 2 is 0.729 bits per heavy atom. The minimum atomic E-state index is 0.862. The lowest BCUT2D eigenvalue weighted by Gasteiger charge is -2.13. The summed E-state index contributed by atoms with van der Waals surface area (Å²) in [5.74, 6) is 0. The van der Waals surface area contributed by atoms with Gasteiger partial charge in [0.2, 0.25) is 0 Å². The number of nitrogens with zero attached hydrogens (tertiary/aromatic N) is 4. The van der Waals surface area contributed by atoms with Crippen LogP contribution < -0.4 is 0 Å². The number of pyridine rings is 2. The van der Waals surface area contributed by atoms with Gasteiger partial charge in [0.25, 0.3) is 0 Å². The number of hydrogen-bond acceptors (Lipinski definition) is 4. The van der Waals surface area contributed by atoms with E-state index in [2.05, 4.69) is 109 Å². The van der Waals surface area contributed by atoms with E-state index in [1.807, 2.05) is 60.7 Å². The van der Waals surface area contributed by atoms with Gasteiger partial charge in [0.1, 0.15) is 0 Å². The molecule has 6 aromatic carbocycles. The monoisotopic (exact) mass is 612 g/mol. The zero-order valence-corrected chi connectivity index (χ0v) is 26.0. The molecular weight excluding hydrogens is 585 g/mol. The maximum atomic E-state index is 5.29. The van der Waals surface area contributed by atoms with Crippen LogP contribution in [0.3, 0.4) is 0 Å². The summed E-state index contributed by atoms with van der Waals surface area (Å²) in [4.78, 5) is 20.7. The third kappa shape index (κ3) is 4.97. The van der Waals surface area contributed by atoms with Gasteiger partial charge in [0.15, 0.2) is 0 Å². The third-order valence-electron chi connectivity index (χ3n) is 8.87. The van der Waals surface area contributed by atoms with Crippen LogP contribution in [0.5, 0.6) is 0 Å². The highest BCUT2D eigenvalue weighted by atomic mass is 14.8. The molecule has 0 bridgehead atoms. The predicted octanol–water partition coefficient (Wildman–Crippen LogP) is 11.1. The molecule has 0 saturated carbocycles. The van der Waals surface area contributed by atoms with Crippen molar-refractivity contribution in [1.82, 2.24) is 19.9 Å². The van der Waals surface area contributed by atoms with Crippen LogP contribution in [0, 0.1) is 0 Å². The number of rotatable bonds is 5. The minimum Gasteiger partial charge on any atom is -0.245 e. The van der Waals surface area contributed by atoms with Crippen LogP contribution >= 0.6 is 0 Å². The Morgan fingerprint density at radius 3 is 1.29 bits per heavy atom. The molecule has 9 rings (SSSR count). The fourth-order valence-corrected chi connectivity index (χ4v) is 6.42. The van der Waals surface area contributed by atoms with Crippen molar-refractivity contribution < 1.29 is 0 Å². The molecule has 224 valence electrons. The van der Waals surface area contributed by atoms with Crippen molar-refractivity contribution in [3.8, 4) is 56.2 Å². The summed E-state index contributed by atoms with van der Waals surface area (Å²) in [5.41, 5.74) is 13.5. The third-order valence-corrected chi connectivity index (χ3v) is 8.87. The SMILES string of the molecule is c1ccc(-c2ccc3ccc4ccc(-c5ccc(-c6cccc7nc(-c8ccccc8)c(-c8ccccc8)nc67)cc5)nc4c3n2)cc1. The molecule has 0 unspecified atom stereocenters. The number of aromatic nitrogens is 4. The fourth-order valence-electron chi connectivity index (χ4n) is 6.42. The van der Waals surface area contributed by atoms with E-state index >= 15 is 0 Å². The molecule has 48 heavy (non-hydrogen) atoms. The van der Waals surface area contributed by atoms with Gasteiger partial charge in [0.05, 0.1) is 44.8 Å². The van der Waals surface area contributed by atoms with Gasteiger partial charge in [-0.3, -0.25) is 0 Å². The first kappa shape index (κ1) is 27.8. The molecule has 0 fully saturated rings. The molecule has 3 aromatic heterocycles. The second kappa shape index (κ2) is 11.7. The Balaban J connectivity index is 1.13. The standard InChI is InChI=1S/C44H28N4/c1-4-11-30(12-5-1)37-27-25-34-23-24-35-26-28-38(46-42(35)41(34)45-37)31-21-19-29(20-22-31)36-17-10-18-39-44(36)48-43(33-15-8-3-9-16-33)40(47-39)32-13-6-2-7-14-32/h1-28H. The van der Waals surface area contributed by atoms with E-state index in [0.717, 1.165) is 89.0 Å². The van der Waals surface area contributed by atoms with E-state index in [-0.39, 0.29) is 0 Å². The van der Waals surface area contributed by atoms with Crippen molar-refractivity contribution >= 4 is 32.8 Å². The maximum absolute atomic E-state index is 5.29. The molecule has 0 spiro atoms. The lowest BCUT2D eigenvalue weighted by atomic mass is 9.99. The van der Waals surface area contributed by atoms with Gasteiger partial charge in [0, 0.05) is 38.6 Å². The van der Waals surface area contributed by atoms with Gasteiger partial charge >= 0.3 is 0 Å². The Hall–Kier alpha value is -6.52. The molecule has 0 aliphatic carbocycles. The molecule has 4 heteroatoms. The van der Waals surface area contributed by atoms with Crippen molar-refractivity contribution in [3.63, 3.8) is 0 Å². The summed E-state index contributed by atoms with van der Waals surface area (Å²) in [6, 6.07) is 58.4. The average Bonchev–Trinajstić information content (AvgIpc) is 3.18. The van der Waals surface area contributed by atoms with E-state index < -0.39 is 0 Å². The van der Waals surface area contributed by atoms with Crippen molar-refractivity contribution in [2.75, 3.05) is 0 Å². The van der Waals surface area contributed by atoms with E-state index in [0.29, 0.717) is 0 Å². The Bertz CT molecular complexity index is 2580. The topological polar surface area (TPSA) is 51.6 Å². The van der Waals surface area contributed by atoms with E-state index in [1.165, 1.54) is 0 Å². The first-order valence-electron chi connectivity index (χ1n) is 16.1. The van der Waals surface area contributed by atoms with Crippen LogP contribution in [0.2, 0.25) is 0 Å². The number of benzene rings is 6. The molecule has 0 atom stereocenters. The molecule has 0 saturated heterocycles. The van der Waals surface area contributed by atoms with Crippen LogP contribution in [0.1, 0.15) is 0 Å². The van der Waals surface area contributed by atoms with Gasteiger partial charge < -0.3 is 0 Å². The van der Waals surface area contributed by atoms with Crippen LogP contribution in [-0.4, -0.2) is 19.9 Å². The maximum Gasteiger partial charge on any atom is 0.0973 e. The molecule has 0 N–H and O–H groups in total. The second-order valence-corrected chi connectivity index (χ2v) is 11.9. The van der Waals surface area contributed by atoms with Crippen LogP contribution in [0.15, 0.2) is 170 Å². The second-order valence-electron chi connectivity index (χ2n) is 11.9. The van der Waals surface area contributed by atoms with E-state index in [4.69, 9.17) is 19.9 Å². The van der Waals surface area contributed by atoms with Crippen molar-refractivity contribution in [3.05, 3.63) is 170 Å². The lowest BCUT2D eigenvalue weighted by Crippen LogP contribution is -1.97. The molecule has 0 aliphatic heterocycles. The molecule has 4 nitrogen and oxygen atoms in total. The van der Waals surface area contributed by atoms with Gasteiger partial charge in [-0.15, -0.1) is 0 Å². The quantitative estimate of drug-likeness (QED) is 0.181. The van der Waals surface area contributed by atoms with Crippen molar-refractivity contribution in [1.29, 1.82) is 0 Å². The summed E-state index contributed by atoms with van der Waals surface area (Å²) in [7, 11) is 0. The molecule has 0 aliphatic rings. The van der Waals surface area contributed by atoms with Gasteiger partial charge in [-0.05, 0) is 23.8 Å². The molecule has 0 amide bonds. The van der Waals surface area contributed by atoms with E-state index in [9.17, 15) is 0 Å². The Labute approximate surface area is 278 Å². The van der Waals surface area contributed by atoms with Crippen LogP contribution in [-0.2, 0) is 0 Å². The molecule has 9 aromatic rings. The minimum absolute atomic E-state index is 0.862. The fraction of sp³-hybridized carbons (Fsp3) is 0. The first-order valence-corrected chi connectivity index (χ1v) is 16.1. The molecule has 3 heterocycles. The molecule has 0 radical (unpaired) electrons. The number of para-hydroxylation sites is 1. The Morgan fingerprint density at radius 1 is 0.271 bits per heavy atom. The summed E-state index contributed by atoms with van der Waals surface area (Å²) < 4.78 is 0. The highest BCUT2D eigenvalue weighted by Gasteiger charge is 2.16. The van der Waals surface area contributed by atoms with Gasteiger partial charge in [-0.1, -0.05) is 152 Å². The van der Waals surface area contributed by atoms with Gasteiger partial charge in [-0.25, -0.2) is 19.9 Å². The normalized spacial score (nSPS) is 11.3. The highest BCUT2D eigenvalue weighted by molar-refractivity contribution is 6.04. The van der Waals surface area contributed by atoms with Crippen LogP contribution in [0.25, 0.3) is 89.0 Å².